The lowest BCUT2D eigenvalue weighted by Gasteiger charge is -2.09. The van der Waals surface area contributed by atoms with E-state index in [4.69, 9.17) is 0 Å². The smallest absolute Gasteiger partial charge is 0.277 e. The number of urea groups is 1. The highest BCUT2D eigenvalue weighted by Crippen LogP contribution is 2.10. The molecule has 0 aliphatic heterocycles. The summed E-state index contributed by atoms with van der Waals surface area (Å²) in [6, 6.07) is 10.5. The van der Waals surface area contributed by atoms with Gasteiger partial charge in [0.15, 0.2) is 0 Å². The summed E-state index contributed by atoms with van der Waals surface area (Å²) >= 11 is 0. The van der Waals surface area contributed by atoms with Crippen LogP contribution in [0.2, 0.25) is 0 Å². The molecular formula is C19H22N4O7S2. The monoisotopic (exact) mass is 482 g/mol. The Morgan fingerprint density at radius 1 is 0.625 bits per heavy atom. The van der Waals surface area contributed by atoms with Crippen molar-refractivity contribution in [3.05, 3.63) is 59.7 Å². The number of hydrogen-bond donors (Lipinski definition) is 4. The van der Waals surface area contributed by atoms with Crippen LogP contribution in [-0.4, -0.2) is 47.8 Å². The van der Waals surface area contributed by atoms with E-state index in [0.29, 0.717) is 0 Å². The zero-order valence-electron chi connectivity index (χ0n) is 17.2. The number of aryl methyl sites for hydroxylation is 2. The molecule has 0 saturated heterocycles. The highest BCUT2D eigenvalue weighted by atomic mass is 32.2. The van der Waals surface area contributed by atoms with E-state index in [1.807, 2.05) is 9.44 Å². The van der Waals surface area contributed by atoms with Gasteiger partial charge in [0.05, 0.1) is 22.9 Å². The predicted molar refractivity (Wildman–Crippen MR) is 114 cm³/mol. The molecule has 0 saturated carbocycles. The SMILES string of the molecule is Cc1ccc(S(=O)(=O)NCC(=O)NC(=O)NC(=O)CNS(=O)(=O)c2ccc(C)cc2)cc1. The molecule has 11 nitrogen and oxygen atoms in total. The van der Waals surface area contributed by atoms with Gasteiger partial charge in [-0.1, -0.05) is 35.4 Å². The van der Waals surface area contributed by atoms with Crippen LogP contribution in [0.4, 0.5) is 4.79 Å². The molecule has 4 amide bonds. The van der Waals surface area contributed by atoms with Crippen LogP contribution in [0.15, 0.2) is 58.3 Å². The van der Waals surface area contributed by atoms with E-state index in [9.17, 15) is 31.2 Å². The van der Waals surface area contributed by atoms with Crippen molar-refractivity contribution in [2.45, 2.75) is 23.6 Å². The predicted octanol–water partition coefficient (Wildman–Crippen LogP) is -0.0874. The molecule has 0 aromatic heterocycles. The molecule has 0 bridgehead atoms. The third-order valence-corrected chi connectivity index (χ3v) is 6.85. The Balaban J connectivity index is 1.80. The molecule has 0 aliphatic carbocycles. The second-order valence-electron chi connectivity index (χ2n) is 6.70. The van der Waals surface area contributed by atoms with Crippen LogP contribution in [-0.2, 0) is 29.6 Å². The molecule has 13 heteroatoms. The highest BCUT2D eigenvalue weighted by molar-refractivity contribution is 7.89. The number of carbonyl (C=O) groups excluding carboxylic acids is 3. The Morgan fingerprint density at radius 2 is 0.938 bits per heavy atom. The third-order valence-electron chi connectivity index (χ3n) is 4.01. The minimum atomic E-state index is -3.97. The largest absolute Gasteiger partial charge is 0.328 e. The van der Waals surface area contributed by atoms with Crippen LogP contribution >= 0.6 is 0 Å². The van der Waals surface area contributed by atoms with Crippen molar-refractivity contribution in [3.8, 4) is 0 Å². The van der Waals surface area contributed by atoms with Gasteiger partial charge < -0.3 is 0 Å². The fourth-order valence-electron chi connectivity index (χ4n) is 2.30. The molecule has 172 valence electrons. The lowest BCUT2D eigenvalue weighted by Crippen LogP contribution is -2.48. The first kappa shape index (κ1) is 25.1. The maximum absolute atomic E-state index is 12.1. The number of amides is 4. The number of sulfonamides is 2. The molecule has 0 atom stereocenters. The third kappa shape index (κ3) is 7.53. The molecule has 2 aromatic carbocycles. The standard InChI is InChI=1S/C19H22N4O7S2/c1-13-3-7-15(8-4-13)31(27,28)20-11-17(24)22-19(26)23-18(25)12-21-32(29,30)16-9-5-14(2)6-10-16/h3-10,20-21H,11-12H2,1-2H3,(H2,22,23,24,25,26). The van der Waals surface area contributed by atoms with Crippen molar-refractivity contribution in [2.24, 2.45) is 0 Å². The molecule has 0 heterocycles. The van der Waals surface area contributed by atoms with E-state index in [0.717, 1.165) is 11.1 Å². The van der Waals surface area contributed by atoms with Crippen molar-refractivity contribution in [2.75, 3.05) is 13.1 Å². The zero-order valence-corrected chi connectivity index (χ0v) is 18.8. The molecule has 32 heavy (non-hydrogen) atoms. The normalized spacial score (nSPS) is 11.6. The second kappa shape index (κ2) is 10.5. The fourth-order valence-corrected chi connectivity index (χ4v) is 4.26. The van der Waals surface area contributed by atoms with Crippen LogP contribution in [0.3, 0.4) is 0 Å². The maximum atomic E-state index is 12.1. The van der Waals surface area contributed by atoms with Gasteiger partial charge in [-0.05, 0) is 38.1 Å². The molecule has 0 spiro atoms. The zero-order chi connectivity index (χ0) is 23.9. The quantitative estimate of drug-likeness (QED) is 0.408. The van der Waals surface area contributed by atoms with Crippen molar-refractivity contribution in [1.82, 2.24) is 20.1 Å². The Hall–Kier alpha value is -3.13. The first-order chi connectivity index (χ1) is 14.9. The van der Waals surface area contributed by atoms with Gasteiger partial charge >= 0.3 is 6.03 Å². The summed E-state index contributed by atoms with van der Waals surface area (Å²) in [6.45, 7) is 2.06. The van der Waals surface area contributed by atoms with Gasteiger partial charge in [0.1, 0.15) is 0 Å². The van der Waals surface area contributed by atoms with Crippen molar-refractivity contribution in [3.63, 3.8) is 0 Å². The molecule has 0 aliphatic rings. The van der Waals surface area contributed by atoms with E-state index in [2.05, 4.69) is 0 Å². The average Bonchev–Trinajstić information content (AvgIpc) is 2.71. The Kier molecular flexibility index (Phi) is 8.21. The number of imide groups is 2. The topological polar surface area (TPSA) is 168 Å². The van der Waals surface area contributed by atoms with Gasteiger partial charge in [-0.25, -0.2) is 31.1 Å². The average molecular weight is 483 g/mol. The first-order valence-corrected chi connectivity index (χ1v) is 12.1. The molecular weight excluding hydrogens is 460 g/mol. The summed E-state index contributed by atoms with van der Waals surface area (Å²) in [7, 11) is -7.94. The number of rotatable bonds is 8. The Labute approximate surface area is 185 Å². The van der Waals surface area contributed by atoms with Crippen LogP contribution in [0.1, 0.15) is 11.1 Å². The summed E-state index contributed by atoms with van der Waals surface area (Å²) in [5.74, 6) is -2.04. The molecule has 0 fully saturated rings. The lowest BCUT2D eigenvalue weighted by molar-refractivity contribution is -0.119. The van der Waals surface area contributed by atoms with Crippen LogP contribution in [0.25, 0.3) is 0 Å². The van der Waals surface area contributed by atoms with E-state index in [-0.39, 0.29) is 9.79 Å². The fraction of sp³-hybridized carbons (Fsp3) is 0.211. The first-order valence-electron chi connectivity index (χ1n) is 9.15. The van der Waals surface area contributed by atoms with Crippen LogP contribution in [0, 0.1) is 13.8 Å². The summed E-state index contributed by atoms with van der Waals surface area (Å²) in [5, 5.41) is 3.53. The number of carbonyl (C=O) groups is 3. The van der Waals surface area contributed by atoms with Gasteiger partial charge in [0.25, 0.3) is 0 Å². The van der Waals surface area contributed by atoms with E-state index in [1.54, 1.807) is 48.7 Å². The Morgan fingerprint density at radius 3 is 1.25 bits per heavy atom. The number of nitrogens with one attached hydrogen (secondary N) is 4. The molecule has 0 unspecified atom stereocenters. The van der Waals surface area contributed by atoms with E-state index in [1.165, 1.54) is 24.3 Å². The lowest BCUT2D eigenvalue weighted by atomic mass is 10.2. The van der Waals surface area contributed by atoms with Crippen molar-refractivity contribution >= 4 is 37.9 Å². The second-order valence-corrected chi connectivity index (χ2v) is 10.2. The number of hydrogen-bond acceptors (Lipinski definition) is 7. The minimum absolute atomic E-state index is 0.0589. The Bertz CT molecular complexity index is 1110. The maximum Gasteiger partial charge on any atom is 0.328 e. The van der Waals surface area contributed by atoms with Crippen molar-refractivity contribution in [1.29, 1.82) is 0 Å². The summed E-state index contributed by atoms with van der Waals surface area (Å²) in [6.07, 6.45) is 0. The summed E-state index contributed by atoms with van der Waals surface area (Å²) < 4.78 is 52.5. The molecule has 0 radical (unpaired) electrons. The summed E-state index contributed by atoms with van der Waals surface area (Å²) in [4.78, 5) is 35.1. The number of benzene rings is 2. The summed E-state index contributed by atoms with van der Waals surface area (Å²) in [5.41, 5.74) is 1.70. The van der Waals surface area contributed by atoms with Crippen molar-refractivity contribution < 1.29 is 31.2 Å². The van der Waals surface area contributed by atoms with E-state index >= 15 is 0 Å². The van der Waals surface area contributed by atoms with E-state index < -0.39 is 51.0 Å². The molecule has 4 N–H and O–H groups in total. The van der Waals surface area contributed by atoms with Gasteiger partial charge in [0.2, 0.25) is 31.9 Å². The molecule has 2 rings (SSSR count). The van der Waals surface area contributed by atoms with Gasteiger partial charge in [-0.2, -0.15) is 0 Å². The minimum Gasteiger partial charge on any atom is -0.277 e. The molecule has 2 aromatic rings. The van der Waals surface area contributed by atoms with Gasteiger partial charge in [-0.3, -0.25) is 20.2 Å². The highest BCUT2D eigenvalue weighted by Gasteiger charge is 2.19. The van der Waals surface area contributed by atoms with Crippen LogP contribution < -0.4 is 20.1 Å². The van der Waals surface area contributed by atoms with Crippen LogP contribution in [0.5, 0.6) is 0 Å². The van der Waals surface area contributed by atoms with Gasteiger partial charge in [0, 0.05) is 0 Å². The van der Waals surface area contributed by atoms with Gasteiger partial charge in [-0.15, -0.1) is 0 Å².